The molecule has 0 N–H and O–H groups in total. The zero-order chi connectivity index (χ0) is 24.1. The van der Waals surface area contributed by atoms with E-state index in [9.17, 15) is 4.79 Å². The van der Waals surface area contributed by atoms with Crippen LogP contribution in [0.4, 0.5) is 0 Å². The molecular formula is C24H47IO4SiSn. The van der Waals surface area contributed by atoms with Crippen LogP contribution in [-0.2, 0) is 19.0 Å². The van der Waals surface area contributed by atoms with Gasteiger partial charge in [0, 0.05) is 14.7 Å². The van der Waals surface area contributed by atoms with Crippen molar-refractivity contribution in [2.75, 3.05) is 24.4 Å². The van der Waals surface area contributed by atoms with Gasteiger partial charge in [-0.3, -0.25) is 0 Å². The van der Waals surface area contributed by atoms with Crippen molar-refractivity contribution in [3.05, 3.63) is 21.3 Å². The predicted octanol–water partition coefficient (Wildman–Crippen LogP) is 7.24. The molecule has 0 spiro atoms. The standard InChI is InChI=1S/C21H38IO4Si.3CH3.Sn/c1-7-9-21(23)26-20(15-22)14-18(2)10-8-11-19(3)16-25-17-24-12-13-27(4,5)6;;;;/h9,11,18,20H,8,10,12-17H2,1-6H3;3*1H3;/b9-7?,19-11+;;;;/t18-,20+;;;;/m1..../s1. The minimum atomic E-state index is -2.16. The summed E-state index contributed by atoms with van der Waals surface area (Å²) in [6.07, 6.45) is 7.00. The minimum absolute atomic E-state index is 0.0102. The van der Waals surface area contributed by atoms with E-state index in [-0.39, 0.29) is 12.1 Å². The maximum atomic E-state index is 12.3. The Balaban J connectivity index is 4.18. The van der Waals surface area contributed by atoms with E-state index in [2.05, 4.69) is 83.9 Å². The molecule has 0 aromatic heterocycles. The van der Waals surface area contributed by atoms with Crippen LogP contribution < -0.4 is 0 Å². The molecule has 0 aliphatic heterocycles. The third kappa shape index (κ3) is 18.7. The summed E-state index contributed by atoms with van der Waals surface area (Å²) in [5, 5.41) is 0. The van der Waals surface area contributed by atoms with E-state index >= 15 is 0 Å². The van der Waals surface area contributed by atoms with Crippen LogP contribution in [-0.4, -0.2) is 63.0 Å². The SMILES string of the molecule is C/[C](=C/C(=O)O[C@H](CI)C[C@H](C)CC/C=C(\C)COCOCC[Si](C)(C)C)[Sn]([CH3])([CH3])[CH3]. The summed E-state index contributed by atoms with van der Waals surface area (Å²) in [4.78, 5) is 19.2. The summed E-state index contributed by atoms with van der Waals surface area (Å²) >= 11 is 0.159. The molecule has 0 radical (unpaired) electrons. The van der Waals surface area contributed by atoms with Crippen LogP contribution in [0.3, 0.4) is 0 Å². The van der Waals surface area contributed by atoms with Gasteiger partial charge in [-0.1, -0.05) is 19.6 Å². The Morgan fingerprint density at radius 2 is 1.77 bits per heavy atom. The van der Waals surface area contributed by atoms with Gasteiger partial charge >= 0.3 is 156 Å². The van der Waals surface area contributed by atoms with Gasteiger partial charge < -0.3 is 9.47 Å². The predicted molar refractivity (Wildman–Crippen MR) is 148 cm³/mol. The van der Waals surface area contributed by atoms with Crippen molar-refractivity contribution in [3.63, 3.8) is 0 Å². The number of rotatable bonds is 16. The second-order valence-corrected chi connectivity index (χ2v) is 32.5. The second kappa shape index (κ2) is 16.3. The van der Waals surface area contributed by atoms with E-state index < -0.39 is 26.5 Å². The molecule has 0 unspecified atom stereocenters. The second-order valence-electron chi connectivity index (χ2n) is 10.9. The molecule has 0 aromatic rings. The molecule has 31 heavy (non-hydrogen) atoms. The van der Waals surface area contributed by atoms with E-state index in [1.54, 1.807) is 6.08 Å². The molecule has 0 saturated heterocycles. The summed E-state index contributed by atoms with van der Waals surface area (Å²) in [7, 11) is -1.03. The quantitative estimate of drug-likeness (QED) is 0.0254. The number of alkyl halides is 1. The van der Waals surface area contributed by atoms with Gasteiger partial charge in [0.2, 0.25) is 0 Å². The molecule has 0 aromatic carbocycles. The number of ether oxygens (including phenoxy) is 3. The molecule has 0 rings (SSSR count). The van der Waals surface area contributed by atoms with Crippen LogP contribution >= 0.6 is 22.6 Å². The van der Waals surface area contributed by atoms with Crippen LogP contribution in [0.15, 0.2) is 21.3 Å². The van der Waals surface area contributed by atoms with Gasteiger partial charge in [-0.25, -0.2) is 0 Å². The number of allylic oxidation sites excluding steroid dienone is 2. The molecule has 0 bridgehead atoms. The van der Waals surface area contributed by atoms with Crippen LogP contribution in [0, 0.1) is 5.92 Å². The van der Waals surface area contributed by atoms with E-state index in [1.165, 1.54) is 15.2 Å². The first-order valence-electron chi connectivity index (χ1n) is 11.5. The normalized spacial score (nSPS) is 15.7. The zero-order valence-electron chi connectivity index (χ0n) is 21.5. The summed E-state index contributed by atoms with van der Waals surface area (Å²) in [6, 6.07) is 1.17. The fourth-order valence-electron chi connectivity index (χ4n) is 2.67. The third-order valence-electron chi connectivity index (χ3n) is 5.28. The molecule has 0 aliphatic rings. The van der Waals surface area contributed by atoms with Crippen LogP contribution in [0.5, 0.6) is 0 Å². The van der Waals surface area contributed by atoms with E-state index in [4.69, 9.17) is 14.2 Å². The molecule has 4 nitrogen and oxygen atoms in total. The average molecular weight is 673 g/mol. The van der Waals surface area contributed by atoms with Gasteiger partial charge in [0.1, 0.15) is 6.79 Å². The van der Waals surface area contributed by atoms with Crippen molar-refractivity contribution in [3.8, 4) is 0 Å². The van der Waals surface area contributed by atoms with Crippen molar-refractivity contribution in [1.29, 1.82) is 0 Å². The van der Waals surface area contributed by atoms with Crippen LogP contribution in [0.25, 0.3) is 0 Å². The van der Waals surface area contributed by atoms with Crippen LogP contribution in [0.2, 0.25) is 40.5 Å². The molecule has 2 atom stereocenters. The number of carbonyl (C=O) groups excluding carboxylic acids is 1. The molecular weight excluding hydrogens is 626 g/mol. The number of esters is 1. The number of hydrogen-bond donors (Lipinski definition) is 0. The summed E-state index contributed by atoms with van der Waals surface area (Å²) in [6.45, 7) is 15.3. The first kappa shape index (κ1) is 31.6. The molecule has 0 aliphatic carbocycles. The first-order valence-corrected chi connectivity index (χ1v) is 26.7. The fourth-order valence-corrected chi connectivity index (χ4v) is 5.54. The van der Waals surface area contributed by atoms with Crippen molar-refractivity contribution in [2.24, 2.45) is 5.92 Å². The third-order valence-corrected chi connectivity index (χ3v) is 15.1. The van der Waals surface area contributed by atoms with E-state index in [1.807, 2.05) is 0 Å². The Bertz CT molecular complexity index is 579. The Morgan fingerprint density at radius 3 is 2.32 bits per heavy atom. The molecule has 0 fully saturated rings. The van der Waals surface area contributed by atoms with Crippen molar-refractivity contribution in [1.82, 2.24) is 0 Å². The Morgan fingerprint density at radius 1 is 1.13 bits per heavy atom. The number of carbonyl (C=O) groups is 1. The Labute approximate surface area is 211 Å². The summed E-state index contributed by atoms with van der Waals surface area (Å²) in [5.41, 5.74) is 1.24. The maximum absolute atomic E-state index is 12.3. The van der Waals surface area contributed by atoms with Gasteiger partial charge in [-0.2, -0.15) is 0 Å². The average Bonchev–Trinajstić information content (AvgIpc) is 2.62. The van der Waals surface area contributed by atoms with Crippen molar-refractivity contribution in [2.45, 2.75) is 86.6 Å². The summed E-state index contributed by atoms with van der Waals surface area (Å²) in [5.74, 6) is 0.340. The van der Waals surface area contributed by atoms with E-state index in [0.717, 1.165) is 30.3 Å². The molecule has 0 amide bonds. The fraction of sp³-hybridized carbons (Fsp3) is 0.792. The molecule has 7 heteroatoms. The Hall–Kier alpha value is 0.616. The molecule has 182 valence electrons. The topological polar surface area (TPSA) is 44.8 Å². The van der Waals surface area contributed by atoms with Crippen molar-refractivity contribution >= 4 is 55.0 Å². The van der Waals surface area contributed by atoms with Crippen LogP contribution in [0.1, 0.15) is 40.0 Å². The first-order chi connectivity index (χ1) is 14.2. The van der Waals surface area contributed by atoms with Gasteiger partial charge in [-0.15, -0.1) is 0 Å². The van der Waals surface area contributed by atoms with E-state index in [0.29, 0.717) is 19.3 Å². The molecule has 0 saturated carbocycles. The van der Waals surface area contributed by atoms with Gasteiger partial charge in [0.25, 0.3) is 0 Å². The number of halogens is 1. The van der Waals surface area contributed by atoms with Crippen molar-refractivity contribution < 1.29 is 19.0 Å². The number of hydrogen-bond acceptors (Lipinski definition) is 4. The van der Waals surface area contributed by atoms with Gasteiger partial charge in [-0.05, 0) is 6.04 Å². The summed E-state index contributed by atoms with van der Waals surface area (Å²) < 4.78 is 19.0. The van der Waals surface area contributed by atoms with Gasteiger partial charge in [0.15, 0.2) is 0 Å². The molecule has 0 heterocycles. The van der Waals surface area contributed by atoms with Gasteiger partial charge in [0.05, 0.1) is 0 Å². The monoisotopic (exact) mass is 674 g/mol. The zero-order valence-corrected chi connectivity index (χ0v) is 27.5. The Kier molecular flexibility index (Phi) is 16.6.